The molecule has 0 saturated heterocycles. The highest BCUT2D eigenvalue weighted by Gasteiger charge is 2.13. The summed E-state index contributed by atoms with van der Waals surface area (Å²) in [6.45, 7) is 3.36. The van der Waals surface area contributed by atoms with Crippen molar-refractivity contribution in [1.29, 1.82) is 0 Å². The van der Waals surface area contributed by atoms with Crippen molar-refractivity contribution in [1.82, 2.24) is 0 Å². The number of aldehydes is 1. The smallest absolute Gasteiger partial charge is 0.150 e. The summed E-state index contributed by atoms with van der Waals surface area (Å²) in [7, 11) is 0. The molecule has 0 atom stereocenters. The number of hydrogen-bond donors (Lipinski definition) is 0. The molecule has 0 heterocycles. The topological polar surface area (TPSA) is 35.5 Å². The zero-order valence-corrected chi connectivity index (χ0v) is 19.8. The fourth-order valence-corrected chi connectivity index (χ4v) is 4.02. The molecule has 0 amide bonds. The molecule has 0 aliphatic carbocycles. The minimum absolute atomic E-state index is 0.385. The summed E-state index contributed by atoms with van der Waals surface area (Å²) in [5, 5.41) is 0. The van der Waals surface area contributed by atoms with Crippen molar-refractivity contribution in [3.63, 3.8) is 0 Å². The van der Waals surface area contributed by atoms with Crippen LogP contribution < -0.4 is 9.47 Å². The van der Waals surface area contributed by atoms with Crippen LogP contribution in [0, 0.1) is 0 Å². The van der Waals surface area contributed by atoms with Gasteiger partial charge in [-0.3, -0.25) is 4.79 Å². The van der Waals surface area contributed by atoms with Gasteiger partial charge in [-0.05, 0) is 24.1 Å². The zero-order valence-electron chi connectivity index (χ0n) is 19.8. The molecule has 3 aromatic carbocycles. The van der Waals surface area contributed by atoms with Crippen LogP contribution in [-0.4, -0.2) is 12.9 Å². The van der Waals surface area contributed by atoms with Gasteiger partial charge in [0.05, 0.1) is 6.61 Å². The number of hydrogen-bond acceptors (Lipinski definition) is 3. The Balaban J connectivity index is 1.56. The molecule has 0 unspecified atom stereocenters. The summed E-state index contributed by atoms with van der Waals surface area (Å²) >= 11 is 0. The third-order valence-electron chi connectivity index (χ3n) is 5.86. The summed E-state index contributed by atoms with van der Waals surface area (Å²) < 4.78 is 12.3. The van der Waals surface area contributed by atoms with E-state index in [2.05, 4.69) is 6.92 Å². The van der Waals surface area contributed by atoms with Crippen LogP contribution in [0.5, 0.6) is 11.5 Å². The standard InChI is InChI=1S/C30H36O3/c1-2-3-4-5-6-7-8-14-22-32-28-20-13-12-18-27(28)24-33-29-21-15-19-26(23-31)30(29)25-16-10-9-11-17-25/h9-13,15-21,23H,2-8,14,22,24H2,1H3. The highest BCUT2D eigenvalue weighted by Crippen LogP contribution is 2.34. The largest absolute Gasteiger partial charge is 0.493 e. The molecule has 0 aliphatic heterocycles. The molecule has 0 spiro atoms. The molecule has 0 saturated carbocycles. The van der Waals surface area contributed by atoms with Gasteiger partial charge in [-0.2, -0.15) is 0 Å². The Labute approximate surface area is 198 Å². The Morgan fingerprint density at radius 3 is 2.09 bits per heavy atom. The van der Waals surface area contributed by atoms with Crippen LogP contribution in [0.3, 0.4) is 0 Å². The molecule has 3 heteroatoms. The van der Waals surface area contributed by atoms with E-state index in [9.17, 15) is 4.79 Å². The number of carbonyl (C=O) groups excluding carboxylic acids is 1. The predicted molar refractivity (Wildman–Crippen MR) is 136 cm³/mol. The Kier molecular flexibility index (Phi) is 10.5. The van der Waals surface area contributed by atoms with Crippen molar-refractivity contribution in [2.45, 2.75) is 64.9 Å². The van der Waals surface area contributed by atoms with Gasteiger partial charge in [-0.25, -0.2) is 0 Å². The molecule has 0 aliphatic rings. The first kappa shape index (κ1) is 24.6. The summed E-state index contributed by atoms with van der Waals surface area (Å²) in [5.74, 6) is 1.57. The minimum atomic E-state index is 0.385. The third-order valence-corrected chi connectivity index (χ3v) is 5.86. The van der Waals surface area contributed by atoms with Gasteiger partial charge in [-0.1, -0.05) is 113 Å². The van der Waals surface area contributed by atoms with Gasteiger partial charge in [-0.15, -0.1) is 0 Å². The molecule has 0 N–H and O–H groups in total. The Hall–Kier alpha value is -3.07. The van der Waals surface area contributed by atoms with Crippen molar-refractivity contribution in [2.75, 3.05) is 6.61 Å². The lowest BCUT2D eigenvalue weighted by Gasteiger charge is -2.16. The Bertz CT molecular complexity index is 965. The molecular weight excluding hydrogens is 408 g/mol. The normalized spacial score (nSPS) is 10.7. The van der Waals surface area contributed by atoms with Crippen molar-refractivity contribution in [2.24, 2.45) is 0 Å². The van der Waals surface area contributed by atoms with Crippen molar-refractivity contribution < 1.29 is 14.3 Å². The molecule has 0 aromatic heterocycles. The number of carbonyl (C=O) groups is 1. The summed E-state index contributed by atoms with van der Waals surface area (Å²) in [6.07, 6.45) is 11.2. The molecule has 3 rings (SSSR count). The van der Waals surface area contributed by atoms with E-state index in [0.29, 0.717) is 17.9 Å². The molecular formula is C30H36O3. The van der Waals surface area contributed by atoms with Gasteiger partial charge in [0, 0.05) is 16.7 Å². The average Bonchev–Trinajstić information content (AvgIpc) is 2.87. The quantitative estimate of drug-likeness (QED) is 0.175. The second-order valence-electron chi connectivity index (χ2n) is 8.42. The van der Waals surface area contributed by atoms with Crippen LogP contribution in [0.1, 0.15) is 74.2 Å². The first-order chi connectivity index (χ1) is 16.3. The summed E-state index contributed by atoms with van der Waals surface area (Å²) in [6, 6.07) is 23.5. The lowest BCUT2D eigenvalue weighted by atomic mass is 9.99. The van der Waals surface area contributed by atoms with E-state index >= 15 is 0 Å². The number of para-hydroxylation sites is 1. The molecule has 3 nitrogen and oxygen atoms in total. The van der Waals surface area contributed by atoms with Crippen LogP contribution >= 0.6 is 0 Å². The average molecular weight is 445 g/mol. The molecule has 0 bridgehead atoms. The van der Waals surface area contributed by atoms with E-state index in [1.807, 2.05) is 72.8 Å². The highest BCUT2D eigenvalue weighted by molar-refractivity contribution is 5.90. The lowest BCUT2D eigenvalue weighted by Crippen LogP contribution is -2.04. The van der Waals surface area contributed by atoms with E-state index < -0.39 is 0 Å². The van der Waals surface area contributed by atoms with Gasteiger partial charge in [0.2, 0.25) is 0 Å². The van der Waals surface area contributed by atoms with Crippen LogP contribution in [0.4, 0.5) is 0 Å². The Morgan fingerprint density at radius 2 is 1.33 bits per heavy atom. The number of benzene rings is 3. The molecule has 33 heavy (non-hydrogen) atoms. The van der Waals surface area contributed by atoms with Crippen molar-refractivity contribution in [3.05, 3.63) is 83.9 Å². The van der Waals surface area contributed by atoms with E-state index in [-0.39, 0.29) is 0 Å². The Morgan fingerprint density at radius 1 is 0.667 bits per heavy atom. The fraction of sp³-hybridized carbons (Fsp3) is 0.367. The van der Waals surface area contributed by atoms with Crippen molar-refractivity contribution >= 4 is 6.29 Å². The van der Waals surface area contributed by atoms with Crippen LogP contribution in [-0.2, 0) is 6.61 Å². The molecule has 3 aromatic rings. The van der Waals surface area contributed by atoms with Crippen LogP contribution in [0.15, 0.2) is 72.8 Å². The first-order valence-electron chi connectivity index (χ1n) is 12.3. The zero-order chi connectivity index (χ0) is 23.1. The van der Waals surface area contributed by atoms with E-state index in [1.54, 1.807) is 0 Å². The van der Waals surface area contributed by atoms with Gasteiger partial charge in [0.15, 0.2) is 6.29 Å². The van der Waals surface area contributed by atoms with Crippen LogP contribution in [0.25, 0.3) is 11.1 Å². The first-order valence-corrected chi connectivity index (χ1v) is 12.3. The second kappa shape index (κ2) is 14.2. The molecule has 0 radical (unpaired) electrons. The summed E-state index contributed by atoms with van der Waals surface area (Å²) in [5.41, 5.74) is 3.42. The van der Waals surface area contributed by atoms with Gasteiger partial charge >= 0.3 is 0 Å². The number of ether oxygens (including phenoxy) is 2. The highest BCUT2D eigenvalue weighted by atomic mass is 16.5. The van der Waals surface area contributed by atoms with Gasteiger partial charge in [0.1, 0.15) is 18.1 Å². The maximum absolute atomic E-state index is 11.7. The maximum atomic E-state index is 11.7. The van der Waals surface area contributed by atoms with Gasteiger partial charge < -0.3 is 9.47 Å². The van der Waals surface area contributed by atoms with Crippen molar-refractivity contribution in [3.8, 4) is 22.6 Å². The predicted octanol–water partition coefficient (Wildman–Crippen LogP) is 8.26. The van der Waals surface area contributed by atoms with E-state index in [4.69, 9.17) is 9.47 Å². The maximum Gasteiger partial charge on any atom is 0.150 e. The van der Waals surface area contributed by atoms with Gasteiger partial charge in [0.25, 0.3) is 0 Å². The SMILES string of the molecule is CCCCCCCCCCOc1ccccc1COc1cccc(C=O)c1-c1ccccc1. The monoisotopic (exact) mass is 444 g/mol. The minimum Gasteiger partial charge on any atom is -0.493 e. The molecule has 174 valence electrons. The number of rotatable bonds is 15. The lowest BCUT2D eigenvalue weighted by molar-refractivity contribution is 0.112. The second-order valence-corrected chi connectivity index (χ2v) is 8.42. The number of unbranched alkanes of at least 4 members (excludes halogenated alkanes) is 7. The summed E-state index contributed by atoms with van der Waals surface area (Å²) in [4.78, 5) is 11.7. The van der Waals surface area contributed by atoms with E-state index in [1.165, 1.54) is 44.9 Å². The molecule has 0 fully saturated rings. The fourth-order valence-electron chi connectivity index (χ4n) is 4.02. The third kappa shape index (κ3) is 7.78. The van der Waals surface area contributed by atoms with Crippen LogP contribution in [0.2, 0.25) is 0 Å². The van der Waals surface area contributed by atoms with E-state index in [0.717, 1.165) is 41.8 Å².